The van der Waals surface area contributed by atoms with E-state index < -0.39 is 5.91 Å². The number of rotatable bonds is 8. The molecule has 28 heavy (non-hydrogen) atoms. The summed E-state index contributed by atoms with van der Waals surface area (Å²) in [7, 11) is 0. The van der Waals surface area contributed by atoms with Crippen molar-refractivity contribution in [2.24, 2.45) is 5.10 Å². The highest BCUT2D eigenvalue weighted by molar-refractivity contribution is 6.32. The highest BCUT2D eigenvalue weighted by Crippen LogP contribution is 2.34. The number of hydrogen-bond acceptors (Lipinski definition) is 5. The summed E-state index contributed by atoms with van der Waals surface area (Å²) in [4.78, 5) is 23.7. The van der Waals surface area contributed by atoms with E-state index in [0.29, 0.717) is 22.9 Å². The maximum Gasteiger partial charge on any atom is 0.240 e. The number of benzene rings is 2. The van der Waals surface area contributed by atoms with Crippen molar-refractivity contribution in [2.45, 2.75) is 19.8 Å². The Hall–Kier alpha value is -2.77. The Morgan fingerprint density at radius 2 is 1.93 bits per heavy atom. The van der Waals surface area contributed by atoms with Crippen LogP contribution in [-0.4, -0.2) is 29.7 Å². The second-order valence-electron chi connectivity index (χ2n) is 5.63. The summed E-state index contributed by atoms with van der Waals surface area (Å²) in [5.74, 6) is -0.670. The van der Waals surface area contributed by atoms with E-state index in [-0.39, 0.29) is 35.3 Å². The van der Waals surface area contributed by atoms with Crippen LogP contribution in [0.1, 0.15) is 25.3 Å². The van der Waals surface area contributed by atoms with Gasteiger partial charge in [-0.25, -0.2) is 5.43 Å². The third-order valence-corrected chi connectivity index (χ3v) is 3.96. The largest absolute Gasteiger partial charge is 0.503 e. The summed E-state index contributed by atoms with van der Waals surface area (Å²) < 4.78 is 5.27. The zero-order chi connectivity index (χ0) is 20.5. The molecule has 0 fully saturated rings. The number of carbonyl (C=O) groups excluding carboxylic acids is 2. The highest BCUT2D eigenvalue weighted by Gasteiger charge is 2.09. The molecule has 0 aliphatic rings. The summed E-state index contributed by atoms with van der Waals surface area (Å²) in [6, 6.07) is 9.75. The molecular weight excluding hydrogens is 405 g/mol. The van der Waals surface area contributed by atoms with Gasteiger partial charge in [0.2, 0.25) is 11.8 Å². The smallest absolute Gasteiger partial charge is 0.240 e. The first-order chi connectivity index (χ1) is 13.4. The minimum Gasteiger partial charge on any atom is -0.503 e. The van der Waals surface area contributed by atoms with Crippen LogP contribution in [0.4, 0.5) is 5.69 Å². The topological polar surface area (TPSA) is 100 Å². The molecule has 0 atom stereocenters. The SMILES string of the molecule is CCOc1cc(C=NNC(=O)CCC(=O)Nc2cccc(Cl)c2)cc(Cl)c1O. The summed E-state index contributed by atoms with van der Waals surface area (Å²) in [6.07, 6.45) is 1.31. The van der Waals surface area contributed by atoms with Crippen molar-refractivity contribution in [1.82, 2.24) is 5.43 Å². The predicted molar refractivity (Wildman–Crippen MR) is 109 cm³/mol. The van der Waals surface area contributed by atoms with Crippen molar-refractivity contribution in [3.8, 4) is 11.5 Å². The van der Waals surface area contributed by atoms with E-state index in [1.54, 1.807) is 37.3 Å². The molecule has 9 heteroatoms. The molecule has 0 saturated heterocycles. The lowest BCUT2D eigenvalue weighted by Gasteiger charge is -2.08. The fraction of sp³-hybridized carbons (Fsp3) is 0.211. The van der Waals surface area contributed by atoms with Crippen LogP contribution in [0.15, 0.2) is 41.5 Å². The number of hydrogen-bond donors (Lipinski definition) is 3. The first-order valence-corrected chi connectivity index (χ1v) is 9.17. The normalized spacial score (nSPS) is 10.7. The van der Waals surface area contributed by atoms with Gasteiger partial charge in [-0.2, -0.15) is 5.10 Å². The van der Waals surface area contributed by atoms with Crippen LogP contribution in [0.3, 0.4) is 0 Å². The lowest BCUT2D eigenvalue weighted by Crippen LogP contribution is -2.20. The number of nitrogens with zero attached hydrogens (tertiary/aromatic N) is 1. The molecule has 7 nitrogen and oxygen atoms in total. The van der Waals surface area contributed by atoms with Crippen LogP contribution in [0.5, 0.6) is 11.5 Å². The monoisotopic (exact) mass is 423 g/mol. The molecule has 0 spiro atoms. The number of amides is 2. The summed E-state index contributed by atoms with van der Waals surface area (Å²) >= 11 is 11.8. The molecule has 2 rings (SSSR count). The molecule has 0 aliphatic heterocycles. The number of hydrazone groups is 1. The van der Waals surface area contributed by atoms with Gasteiger partial charge in [-0.3, -0.25) is 9.59 Å². The van der Waals surface area contributed by atoms with Gasteiger partial charge in [0.15, 0.2) is 11.5 Å². The average Bonchev–Trinajstić information content (AvgIpc) is 2.64. The Balaban J connectivity index is 1.82. The Morgan fingerprint density at radius 1 is 1.18 bits per heavy atom. The Kier molecular flexibility index (Phi) is 8.10. The number of anilines is 1. The summed E-state index contributed by atoms with van der Waals surface area (Å²) in [5.41, 5.74) is 3.42. The zero-order valence-corrected chi connectivity index (χ0v) is 16.5. The number of carbonyl (C=O) groups is 2. The standard InChI is InChI=1S/C19H19Cl2N3O4/c1-2-28-16-9-12(8-15(21)19(16)27)11-22-24-18(26)7-6-17(25)23-14-5-3-4-13(20)10-14/h3-5,8-11,27H,2,6-7H2,1H3,(H,23,25)(H,24,26). The van der Waals surface area contributed by atoms with Gasteiger partial charge in [-0.15, -0.1) is 0 Å². The molecule has 2 aromatic carbocycles. The van der Waals surface area contributed by atoms with E-state index in [1.807, 2.05) is 0 Å². The van der Waals surface area contributed by atoms with Gasteiger partial charge in [0, 0.05) is 23.6 Å². The van der Waals surface area contributed by atoms with Crippen LogP contribution < -0.4 is 15.5 Å². The molecule has 0 aromatic heterocycles. The minimum atomic E-state index is -0.424. The predicted octanol–water partition coefficient (Wildman–Crippen LogP) is 3.97. The number of phenolic OH excluding ortho intramolecular Hbond substituents is 1. The molecule has 0 aliphatic carbocycles. The van der Waals surface area contributed by atoms with Crippen LogP contribution in [-0.2, 0) is 9.59 Å². The molecule has 148 valence electrons. The third-order valence-electron chi connectivity index (χ3n) is 3.44. The number of phenols is 1. The fourth-order valence-electron chi connectivity index (χ4n) is 2.19. The van der Waals surface area contributed by atoms with Crippen molar-refractivity contribution in [3.63, 3.8) is 0 Å². The van der Waals surface area contributed by atoms with Crippen LogP contribution >= 0.6 is 23.2 Å². The second-order valence-corrected chi connectivity index (χ2v) is 6.48. The van der Waals surface area contributed by atoms with Gasteiger partial charge in [0.25, 0.3) is 0 Å². The molecule has 2 aromatic rings. The maximum absolute atomic E-state index is 11.9. The van der Waals surface area contributed by atoms with Gasteiger partial charge >= 0.3 is 0 Å². The van der Waals surface area contributed by atoms with Gasteiger partial charge in [-0.05, 0) is 42.8 Å². The molecule has 0 saturated carbocycles. The fourth-order valence-corrected chi connectivity index (χ4v) is 2.59. The lowest BCUT2D eigenvalue weighted by atomic mass is 10.2. The van der Waals surface area contributed by atoms with Crippen molar-refractivity contribution in [3.05, 3.63) is 52.0 Å². The van der Waals surface area contributed by atoms with E-state index in [9.17, 15) is 14.7 Å². The van der Waals surface area contributed by atoms with E-state index >= 15 is 0 Å². The summed E-state index contributed by atoms with van der Waals surface area (Å²) in [6.45, 7) is 2.13. The van der Waals surface area contributed by atoms with Crippen molar-refractivity contribution in [2.75, 3.05) is 11.9 Å². The van der Waals surface area contributed by atoms with E-state index in [4.69, 9.17) is 27.9 Å². The Labute approximate surface area is 172 Å². The van der Waals surface area contributed by atoms with Crippen molar-refractivity contribution < 1.29 is 19.4 Å². The number of nitrogens with one attached hydrogen (secondary N) is 2. The molecular formula is C19H19Cl2N3O4. The van der Waals surface area contributed by atoms with Gasteiger partial charge in [0.1, 0.15) is 0 Å². The first kappa shape index (κ1) is 21.5. The molecule has 0 heterocycles. The first-order valence-electron chi connectivity index (χ1n) is 8.41. The van der Waals surface area contributed by atoms with Gasteiger partial charge < -0.3 is 15.2 Å². The molecule has 3 N–H and O–H groups in total. The highest BCUT2D eigenvalue weighted by atomic mass is 35.5. The summed E-state index contributed by atoms with van der Waals surface area (Å²) in [5, 5.41) is 16.9. The average molecular weight is 424 g/mol. The number of halogens is 2. The van der Waals surface area contributed by atoms with Crippen LogP contribution in [0.2, 0.25) is 10.0 Å². The Bertz CT molecular complexity index is 887. The molecule has 0 radical (unpaired) electrons. The molecule has 0 unspecified atom stereocenters. The van der Waals surface area contributed by atoms with Crippen molar-refractivity contribution >= 4 is 46.9 Å². The van der Waals surface area contributed by atoms with E-state index in [0.717, 1.165) is 0 Å². The van der Waals surface area contributed by atoms with Crippen LogP contribution in [0, 0.1) is 0 Å². The van der Waals surface area contributed by atoms with Gasteiger partial charge in [0.05, 0.1) is 17.8 Å². The van der Waals surface area contributed by atoms with E-state index in [1.165, 1.54) is 12.3 Å². The molecule has 2 amide bonds. The second kappa shape index (κ2) is 10.5. The molecule has 0 bridgehead atoms. The quantitative estimate of drug-likeness (QED) is 0.441. The third kappa shape index (κ3) is 6.75. The number of ether oxygens (including phenoxy) is 1. The van der Waals surface area contributed by atoms with Crippen molar-refractivity contribution in [1.29, 1.82) is 0 Å². The van der Waals surface area contributed by atoms with Crippen LogP contribution in [0.25, 0.3) is 0 Å². The lowest BCUT2D eigenvalue weighted by molar-refractivity contribution is -0.124. The maximum atomic E-state index is 11.9. The number of aromatic hydroxyl groups is 1. The van der Waals surface area contributed by atoms with Gasteiger partial charge in [-0.1, -0.05) is 29.3 Å². The zero-order valence-electron chi connectivity index (χ0n) is 15.0. The Morgan fingerprint density at radius 3 is 2.64 bits per heavy atom. The minimum absolute atomic E-state index is 0.00656. The van der Waals surface area contributed by atoms with E-state index in [2.05, 4.69) is 15.8 Å².